The third kappa shape index (κ3) is 2.10. The van der Waals surface area contributed by atoms with E-state index in [4.69, 9.17) is 10.3 Å². The Bertz CT molecular complexity index is 685. The van der Waals surface area contributed by atoms with Crippen LogP contribution in [0.3, 0.4) is 0 Å². The molecule has 0 radical (unpaired) electrons. The van der Waals surface area contributed by atoms with Crippen molar-refractivity contribution in [3.05, 3.63) is 60.2 Å². The number of nitrogen functional groups attached to an aromatic ring is 1. The van der Waals surface area contributed by atoms with Crippen molar-refractivity contribution in [3.63, 3.8) is 0 Å². The van der Waals surface area contributed by atoms with Gasteiger partial charge < -0.3 is 10.3 Å². The topological polar surface area (TPSA) is 52.0 Å². The van der Waals surface area contributed by atoms with Gasteiger partial charge in [0, 0.05) is 5.56 Å². The number of aryl methyl sites for hydroxylation is 1. The largest absolute Gasteiger partial charge is 0.380 e. The third-order valence-corrected chi connectivity index (χ3v) is 3.09. The van der Waals surface area contributed by atoms with Gasteiger partial charge >= 0.3 is 0 Å². The highest BCUT2D eigenvalue weighted by Crippen LogP contribution is 2.36. The Hall–Kier alpha value is -2.55. The van der Waals surface area contributed by atoms with E-state index in [-0.39, 0.29) is 0 Å². The fraction of sp³-hybridized carbons (Fsp3) is 0.0625. The molecule has 0 aliphatic heterocycles. The second-order valence-electron chi connectivity index (χ2n) is 4.50. The first kappa shape index (κ1) is 11.5. The molecule has 1 heterocycles. The predicted octanol–water partition coefficient (Wildman–Crippen LogP) is 3.90. The average molecular weight is 250 g/mol. The molecule has 3 aromatic rings. The molecule has 0 bridgehead atoms. The summed E-state index contributed by atoms with van der Waals surface area (Å²) < 4.78 is 5.40. The van der Waals surface area contributed by atoms with Gasteiger partial charge in [-0.2, -0.15) is 0 Å². The Labute approximate surface area is 111 Å². The van der Waals surface area contributed by atoms with E-state index in [1.807, 2.05) is 54.6 Å². The molecule has 0 aliphatic rings. The molecule has 0 saturated heterocycles. The van der Waals surface area contributed by atoms with Crippen LogP contribution in [0.4, 0.5) is 5.82 Å². The maximum atomic E-state index is 5.94. The zero-order valence-electron chi connectivity index (χ0n) is 10.6. The van der Waals surface area contributed by atoms with Crippen LogP contribution in [0.5, 0.6) is 0 Å². The highest BCUT2D eigenvalue weighted by molar-refractivity contribution is 5.86. The quantitative estimate of drug-likeness (QED) is 0.750. The molecule has 0 atom stereocenters. The van der Waals surface area contributed by atoms with Crippen molar-refractivity contribution < 1.29 is 4.52 Å². The number of aromatic nitrogens is 1. The normalized spacial score (nSPS) is 10.6. The summed E-state index contributed by atoms with van der Waals surface area (Å²) in [6, 6.07) is 18.0. The molecule has 0 aliphatic carbocycles. The lowest BCUT2D eigenvalue weighted by Gasteiger charge is -2.03. The third-order valence-electron chi connectivity index (χ3n) is 3.09. The predicted molar refractivity (Wildman–Crippen MR) is 76.5 cm³/mol. The van der Waals surface area contributed by atoms with Crippen molar-refractivity contribution >= 4 is 5.82 Å². The van der Waals surface area contributed by atoms with Gasteiger partial charge in [0.05, 0.1) is 5.56 Å². The van der Waals surface area contributed by atoms with Crippen LogP contribution in [0.15, 0.2) is 59.1 Å². The molecule has 19 heavy (non-hydrogen) atoms. The van der Waals surface area contributed by atoms with E-state index in [1.165, 1.54) is 5.56 Å². The van der Waals surface area contributed by atoms with Crippen LogP contribution < -0.4 is 5.73 Å². The zero-order valence-corrected chi connectivity index (χ0v) is 10.6. The molecule has 0 spiro atoms. The lowest BCUT2D eigenvalue weighted by Crippen LogP contribution is -1.88. The van der Waals surface area contributed by atoms with Crippen LogP contribution in [-0.4, -0.2) is 5.16 Å². The van der Waals surface area contributed by atoms with Crippen molar-refractivity contribution in [1.82, 2.24) is 5.16 Å². The molecule has 3 nitrogen and oxygen atoms in total. The van der Waals surface area contributed by atoms with Crippen LogP contribution >= 0.6 is 0 Å². The number of nitrogens with zero attached hydrogens (tertiary/aromatic N) is 1. The number of rotatable bonds is 2. The standard InChI is InChI=1S/C16H14N2O/c1-11-7-9-13(10-8-11)15-14(16(17)18-19-15)12-5-3-2-4-6-12/h2-10H,1H3,(H2,17,18). The summed E-state index contributed by atoms with van der Waals surface area (Å²) in [7, 11) is 0. The van der Waals surface area contributed by atoms with Gasteiger partial charge in [0.2, 0.25) is 0 Å². The van der Waals surface area contributed by atoms with Crippen molar-refractivity contribution in [2.45, 2.75) is 6.92 Å². The van der Waals surface area contributed by atoms with E-state index >= 15 is 0 Å². The fourth-order valence-electron chi connectivity index (χ4n) is 2.09. The van der Waals surface area contributed by atoms with E-state index in [1.54, 1.807) is 0 Å². The second kappa shape index (κ2) is 4.61. The Morgan fingerprint density at radius 2 is 1.58 bits per heavy atom. The van der Waals surface area contributed by atoms with E-state index < -0.39 is 0 Å². The molecular weight excluding hydrogens is 236 g/mol. The van der Waals surface area contributed by atoms with Gasteiger partial charge in [-0.15, -0.1) is 0 Å². The molecule has 94 valence electrons. The molecule has 0 unspecified atom stereocenters. The van der Waals surface area contributed by atoms with Crippen molar-refractivity contribution in [3.8, 4) is 22.5 Å². The van der Waals surface area contributed by atoms with Gasteiger partial charge in [0.15, 0.2) is 11.6 Å². The minimum atomic E-state index is 0.418. The van der Waals surface area contributed by atoms with E-state index in [9.17, 15) is 0 Å². The summed E-state index contributed by atoms with van der Waals surface area (Å²) in [5.74, 6) is 1.13. The molecule has 2 aromatic carbocycles. The molecule has 2 N–H and O–H groups in total. The van der Waals surface area contributed by atoms with Crippen LogP contribution in [0, 0.1) is 6.92 Å². The van der Waals surface area contributed by atoms with Gasteiger partial charge in [-0.25, -0.2) is 0 Å². The summed E-state index contributed by atoms with van der Waals surface area (Å²) in [4.78, 5) is 0. The maximum Gasteiger partial charge on any atom is 0.176 e. The molecule has 0 amide bonds. The van der Waals surface area contributed by atoms with Crippen LogP contribution in [0.1, 0.15) is 5.56 Å². The van der Waals surface area contributed by atoms with E-state index in [0.29, 0.717) is 11.6 Å². The Morgan fingerprint density at radius 1 is 0.895 bits per heavy atom. The number of anilines is 1. The van der Waals surface area contributed by atoms with Gasteiger partial charge in [-0.1, -0.05) is 65.3 Å². The smallest absolute Gasteiger partial charge is 0.176 e. The Balaban J connectivity index is 2.16. The first-order valence-corrected chi connectivity index (χ1v) is 6.13. The van der Waals surface area contributed by atoms with Gasteiger partial charge in [-0.05, 0) is 12.5 Å². The van der Waals surface area contributed by atoms with Crippen molar-refractivity contribution in [1.29, 1.82) is 0 Å². The fourth-order valence-corrected chi connectivity index (χ4v) is 2.09. The van der Waals surface area contributed by atoms with Crippen LogP contribution in [-0.2, 0) is 0 Å². The SMILES string of the molecule is Cc1ccc(-c2onc(N)c2-c2ccccc2)cc1. The molecule has 3 heteroatoms. The zero-order chi connectivity index (χ0) is 13.2. The molecule has 0 saturated carbocycles. The molecule has 0 fully saturated rings. The molecule has 3 rings (SSSR count). The number of hydrogen-bond donors (Lipinski definition) is 1. The number of nitrogens with two attached hydrogens (primary N) is 1. The number of hydrogen-bond acceptors (Lipinski definition) is 3. The van der Waals surface area contributed by atoms with E-state index in [2.05, 4.69) is 12.1 Å². The summed E-state index contributed by atoms with van der Waals surface area (Å²) in [5.41, 5.74) is 9.98. The first-order valence-electron chi connectivity index (χ1n) is 6.13. The van der Waals surface area contributed by atoms with Crippen molar-refractivity contribution in [2.24, 2.45) is 0 Å². The lowest BCUT2D eigenvalue weighted by atomic mass is 10.0. The van der Waals surface area contributed by atoms with Crippen molar-refractivity contribution in [2.75, 3.05) is 5.73 Å². The summed E-state index contributed by atoms with van der Waals surface area (Å²) in [6.07, 6.45) is 0. The summed E-state index contributed by atoms with van der Waals surface area (Å²) in [5, 5.41) is 3.89. The average Bonchev–Trinajstić information content (AvgIpc) is 2.82. The van der Waals surface area contributed by atoms with Gasteiger partial charge in [0.1, 0.15) is 0 Å². The second-order valence-corrected chi connectivity index (χ2v) is 4.50. The summed E-state index contributed by atoms with van der Waals surface area (Å²) in [6.45, 7) is 2.05. The minimum absolute atomic E-state index is 0.418. The van der Waals surface area contributed by atoms with Gasteiger partial charge in [0.25, 0.3) is 0 Å². The first-order chi connectivity index (χ1) is 9.25. The molecular formula is C16H14N2O. The van der Waals surface area contributed by atoms with Crippen LogP contribution in [0.2, 0.25) is 0 Å². The highest BCUT2D eigenvalue weighted by Gasteiger charge is 2.16. The Morgan fingerprint density at radius 3 is 2.26 bits per heavy atom. The number of benzene rings is 2. The summed E-state index contributed by atoms with van der Waals surface area (Å²) >= 11 is 0. The maximum absolute atomic E-state index is 5.94. The molecule has 1 aromatic heterocycles. The minimum Gasteiger partial charge on any atom is -0.380 e. The monoisotopic (exact) mass is 250 g/mol. The van der Waals surface area contributed by atoms with Gasteiger partial charge in [-0.3, -0.25) is 0 Å². The lowest BCUT2D eigenvalue weighted by molar-refractivity contribution is 0.436. The van der Waals surface area contributed by atoms with Crippen LogP contribution in [0.25, 0.3) is 22.5 Å². The Kier molecular flexibility index (Phi) is 2.80. The van der Waals surface area contributed by atoms with E-state index in [0.717, 1.165) is 16.7 Å². The highest BCUT2D eigenvalue weighted by atomic mass is 16.5.